The molecule has 348 valence electrons. The molecule has 9 nitrogen and oxygen atoms in total. The third-order valence-electron chi connectivity index (χ3n) is 14.2. The van der Waals surface area contributed by atoms with Crippen molar-refractivity contribution in [1.82, 2.24) is 9.44 Å². The second-order valence-electron chi connectivity index (χ2n) is 20.7. The highest BCUT2D eigenvalue weighted by atomic mass is 79.9. The number of benzene rings is 2. The Bertz CT molecular complexity index is 1850. The molecule has 0 radical (unpaired) electrons. The van der Waals surface area contributed by atoms with Gasteiger partial charge in [-0.15, -0.1) is 0 Å². The molecule has 12 atom stereocenters. The number of fused-ring (bicyclic) bond motifs is 2. The van der Waals surface area contributed by atoms with Gasteiger partial charge in [0.05, 0.1) is 56.9 Å². The minimum absolute atomic E-state index is 0.133. The normalized spacial score (nSPS) is 33.9. The van der Waals surface area contributed by atoms with E-state index in [1.54, 1.807) is 7.11 Å². The summed E-state index contributed by atoms with van der Waals surface area (Å²) in [4.78, 5) is 13.9. The SMILES string of the molecule is C=C(OCC)[C@]1(N[S@@](=O)C(C)(C)C)c2cc(Br)ccc2CC12C[C@@H](C)C(OC)[C@@H](C)C2.CCOC(=O)[C@]1(N[S@@](=O)C(C)(C)C)c2cc(Br)ccc2CC12C[C@@H](C)C(OC)[C@@H](C)C2. The molecule has 0 aromatic heterocycles. The largest absolute Gasteiger partial charge is 0.496 e. The van der Waals surface area contributed by atoms with Crippen LogP contribution in [0.25, 0.3) is 0 Å². The fourth-order valence-corrected chi connectivity index (χ4v) is 14.8. The Labute approximate surface area is 395 Å². The average molecular weight is 1030 g/mol. The number of carbonyl (C=O) groups is 1. The molecule has 4 aliphatic carbocycles. The van der Waals surface area contributed by atoms with Crippen LogP contribution in [0.2, 0.25) is 0 Å². The fourth-order valence-electron chi connectivity index (χ4n) is 12.0. The van der Waals surface area contributed by atoms with Crippen LogP contribution >= 0.6 is 31.9 Å². The van der Waals surface area contributed by atoms with Gasteiger partial charge in [-0.3, -0.25) is 0 Å². The van der Waals surface area contributed by atoms with Crippen LogP contribution in [0.4, 0.5) is 0 Å². The van der Waals surface area contributed by atoms with Crippen molar-refractivity contribution >= 4 is 59.8 Å². The van der Waals surface area contributed by atoms with Crippen molar-refractivity contribution in [2.45, 2.75) is 154 Å². The minimum Gasteiger partial charge on any atom is -0.496 e. The van der Waals surface area contributed by atoms with E-state index in [-0.39, 0.29) is 42.0 Å². The Morgan fingerprint density at radius 1 is 0.677 bits per heavy atom. The molecule has 2 N–H and O–H groups in total. The number of methoxy groups -OCH3 is 2. The molecule has 2 saturated carbocycles. The van der Waals surface area contributed by atoms with Crippen LogP contribution in [0.3, 0.4) is 0 Å². The predicted octanol–water partition coefficient (Wildman–Crippen LogP) is 10.8. The van der Waals surface area contributed by atoms with E-state index >= 15 is 0 Å². The van der Waals surface area contributed by atoms with Gasteiger partial charge in [-0.2, -0.15) is 0 Å². The highest BCUT2D eigenvalue weighted by Crippen LogP contribution is 2.64. The smallest absolute Gasteiger partial charge is 0.332 e. The Morgan fingerprint density at radius 2 is 1.03 bits per heavy atom. The second-order valence-corrected chi connectivity index (χ2v) is 26.5. The number of rotatable bonds is 11. The summed E-state index contributed by atoms with van der Waals surface area (Å²) in [5.74, 6) is 1.57. The molecule has 2 aromatic rings. The fraction of sp³-hybridized carbons (Fsp3) is 0.694. The van der Waals surface area contributed by atoms with E-state index in [1.165, 1.54) is 5.56 Å². The molecule has 2 spiro atoms. The average Bonchev–Trinajstić information content (AvgIpc) is 3.56. The molecule has 4 unspecified atom stereocenters. The monoisotopic (exact) mass is 1020 g/mol. The molecule has 13 heteroatoms. The maximum Gasteiger partial charge on any atom is 0.332 e. The van der Waals surface area contributed by atoms with Crippen molar-refractivity contribution in [3.8, 4) is 0 Å². The molecule has 2 fully saturated rings. The van der Waals surface area contributed by atoms with Crippen LogP contribution in [0.5, 0.6) is 0 Å². The summed E-state index contributed by atoms with van der Waals surface area (Å²) in [6.07, 6.45) is 5.46. The van der Waals surface area contributed by atoms with Gasteiger partial charge >= 0.3 is 5.97 Å². The van der Waals surface area contributed by atoms with E-state index in [9.17, 15) is 13.2 Å². The Morgan fingerprint density at radius 3 is 1.39 bits per heavy atom. The summed E-state index contributed by atoms with van der Waals surface area (Å²) in [7, 11) is 0.815. The van der Waals surface area contributed by atoms with E-state index in [4.69, 9.17) is 18.9 Å². The molecular weight excluding hydrogens is 952 g/mol. The van der Waals surface area contributed by atoms with Crippen LogP contribution in [-0.2, 0) is 69.6 Å². The van der Waals surface area contributed by atoms with Crippen molar-refractivity contribution < 1.29 is 32.2 Å². The topological polar surface area (TPSA) is 112 Å². The zero-order valence-electron chi connectivity index (χ0n) is 39.7. The van der Waals surface area contributed by atoms with Crippen LogP contribution in [-0.4, -0.2) is 63.5 Å². The first-order chi connectivity index (χ1) is 28.8. The Kier molecular flexibility index (Phi) is 16.1. The van der Waals surface area contributed by atoms with Gasteiger partial charge in [0, 0.05) is 34.0 Å². The second kappa shape index (κ2) is 19.4. The zero-order chi connectivity index (χ0) is 46.4. The van der Waals surface area contributed by atoms with E-state index in [0.717, 1.165) is 64.2 Å². The third kappa shape index (κ3) is 9.28. The molecule has 2 aromatic carbocycles. The van der Waals surface area contributed by atoms with Gasteiger partial charge in [-0.1, -0.05) is 78.3 Å². The highest BCUT2D eigenvalue weighted by Gasteiger charge is 2.67. The summed E-state index contributed by atoms with van der Waals surface area (Å²) in [5, 5.41) is 0. The van der Waals surface area contributed by atoms with Gasteiger partial charge in [0.15, 0.2) is 5.54 Å². The van der Waals surface area contributed by atoms with Gasteiger partial charge in [-0.05, 0) is 164 Å². The lowest BCUT2D eigenvalue weighted by Crippen LogP contribution is -2.64. The van der Waals surface area contributed by atoms with Crippen LogP contribution in [0, 0.1) is 34.5 Å². The molecule has 62 heavy (non-hydrogen) atoms. The van der Waals surface area contributed by atoms with Crippen molar-refractivity contribution in [1.29, 1.82) is 0 Å². The summed E-state index contributed by atoms with van der Waals surface area (Å²) in [5.41, 5.74) is 1.85. The molecule has 0 saturated heterocycles. The van der Waals surface area contributed by atoms with Gasteiger partial charge in [0.25, 0.3) is 0 Å². The van der Waals surface area contributed by atoms with Gasteiger partial charge < -0.3 is 18.9 Å². The first kappa shape index (κ1) is 51.5. The quantitative estimate of drug-likeness (QED) is 0.170. The first-order valence-corrected chi connectivity index (χ1v) is 26.2. The highest BCUT2D eigenvalue weighted by molar-refractivity contribution is 9.10. The maximum absolute atomic E-state index is 13.9. The minimum atomic E-state index is -1.46. The molecule has 0 aliphatic heterocycles. The summed E-state index contributed by atoms with van der Waals surface area (Å²) >= 11 is 7.26. The van der Waals surface area contributed by atoms with Crippen LogP contribution < -0.4 is 9.44 Å². The number of nitrogens with one attached hydrogen (secondary N) is 2. The van der Waals surface area contributed by atoms with Gasteiger partial charge in [0.1, 0.15) is 11.3 Å². The summed E-state index contributed by atoms with van der Waals surface area (Å²) in [6.45, 7) is 29.8. The maximum atomic E-state index is 13.9. The van der Waals surface area contributed by atoms with E-state index in [0.29, 0.717) is 24.2 Å². The lowest BCUT2D eigenvalue weighted by Gasteiger charge is -2.54. The van der Waals surface area contributed by atoms with E-state index in [1.807, 2.05) is 74.6 Å². The number of hydrogen-bond donors (Lipinski definition) is 2. The predicted molar refractivity (Wildman–Crippen MR) is 260 cm³/mol. The van der Waals surface area contributed by atoms with E-state index < -0.39 is 48.0 Å². The van der Waals surface area contributed by atoms with Crippen LogP contribution in [0.15, 0.2) is 57.7 Å². The van der Waals surface area contributed by atoms with Crippen molar-refractivity contribution in [2.75, 3.05) is 27.4 Å². The van der Waals surface area contributed by atoms with E-state index in [2.05, 4.69) is 99.8 Å². The first-order valence-electron chi connectivity index (χ1n) is 22.4. The summed E-state index contributed by atoms with van der Waals surface area (Å²) in [6, 6.07) is 12.6. The lowest BCUT2D eigenvalue weighted by atomic mass is 9.56. The molecular formula is C49H74Br2N2O7S2. The molecule has 0 heterocycles. The van der Waals surface area contributed by atoms with Crippen molar-refractivity contribution in [2.24, 2.45) is 34.5 Å². The number of esters is 1. The lowest BCUT2D eigenvalue weighted by molar-refractivity contribution is -0.163. The third-order valence-corrected chi connectivity index (χ3v) is 18.4. The molecule has 0 bridgehead atoms. The summed E-state index contributed by atoms with van der Waals surface area (Å²) < 4.78 is 58.6. The number of hydrogen-bond acceptors (Lipinski definition) is 7. The van der Waals surface area contributed by atoms with Crippen molar-refractivity contribution in [3.05, 3.63) is 79.9 Å². The number of carbonyl (C=O) groups excluding carboxylic acids is 1. The molecule has 4 aliphatic rings. The molecule has 6 rings (SSSR count). The van der Waals surface area contributed by atoms with Crippen LogP contribution in [0.1, 0.15) is 131 Å². The van der Waals surface area contributed by atoms with Gasteiger partial charge in [-0.25, -0.2) is 22.7 Å². The number of halogens is 2. The zero-order valence-corrected chi connectivity index (χ0v) is 44.5. The number of ether oxygens (including phenoxy) is 4. The Balaban J connectivity index is 0.000000234. The molecule has 0 amide bonds. The standard InChI is InChI=1S/C25H38BrNO3S.C24H36BrNO4S/c1-9-30-18(4)25(27-31(28)23(5,6)7)21-12-20(26)11-10-19(21)15-24(25)13-16(2)22(29-8)17(3)14-24;1-8-30-21(27)24(26-31(28)22(4,5)6)19-11-18(25)10-9-17(19)14-23(24)12-15(2)20(29-7)16(3)13-23/h10-12,16-17,22,27H,4,9,13-15H2,1-3,5-8H3;9-11,15-16,20,26H,8,12-14H2,1-7H3/t16-,17+,22?,24?,25-,31-;15-,16+,20?,23?,24-,31+/m01/s1. The van der Waals surface area contributed by atoms with Gasteiger partial charge in [0.2, 0.25) is 0 Å². The van der Waals surface area contributed by atoms with Crippen molar-refractivity contribution in [3.63, 3.8) is 0 Å². The Hall–Kier alpha value is -1.45.